The third kappa shape index (κ3) is 4.55. The van der Waals surface area contributed by atoms with E-state index in [0.29, 0.717) is 55.6 Å². The van der Waals surface area contributed by atoms with Gasteiger partial charge in [-0.25, -0.2) is 4.98 Å². The summed E-state index contributed by atoms with van der Waals surface area (Å²) in [4.78, 5) is 12.4. The standard InChI is InChI=1S/C24H27FN6O2S/c1-14(2)12-27-4-5-31-20(28-21-22(26)29-24(25)30-23(21)31)10-16-9-18-19(33-7-6-32-18)11-17(16)15-3-8-34-13-15/h3,8-9,11,13-14,27H,4-7,10,12H2,1-2H3,(H2,26,29,30). The highest BCUT2D eigenvalue weighted by Gasteiger charge is 2.21. The van der Waals surface area contributed by atoms with Crippen molar-refractivity contribution in [2.24, 2.45) is 5.92 Å². The maximum absolute atomic E-state index is 14.1. The van der Waals surface area contributed by atoms with Crippen molar-refractivity contribution >= 4 is 28.3 Å². The zero-order chi connectivity index (χ0) is 23.7. The molecular formula is C24H27FN6O2S. The lowest BCUT2D eigenvalue weighted by Gasteiger charge is -2.21. The molecule has 1 aliphatic heterocycles. The number of rotatable bonds is 8. The predicted octanol–water partition coefficient (Wildman–Crippen LogP) is 3.88. The molecule has 1 aromatic carbocycles. The van der Waals surface area contributed by atoms with E-state index < -0.39 is 6.08 Å². The van der Waals surface area contributed by atoms with Crippen LogP contribution in [0.5, 0.6) is 11.5 Å². The molecule has 0 radical (unpaired) electrons. The van der Waals surface area contributed by atoms with E-state index in [2.05, 4.69) is 40.6 Å². The number of hydrogen-bond donors (Lipinski definition) is 2. The van der Waals surface area contributed by atoms with Gasteiger partial charge < -0.3 is 25.1 Å². The summed E-state index contributed by atoms with van der Waals surface area (Å²) >= 11 is 1.64. The number of hydrogen-bond acceptors (Lipinski definition) is 8. The Morgan fingerprint density at radius 3 is 2.71 bits per heavy atom. The SMILES string of the molecule is CC(C)CNCCn1c(Cc2cc3c(cc2-c2ccsc2)OCCO3)nc2c(N)nc(F)nc21. The smallest absolute Gasteiger partial charge is 0.312 e. The molecule has 0 aliphatic carbocycles. The summed E-state index contributed by atoms with van der Waals surface area (Å²) in [6, 6.07) is 6.12. The third-order valence-corrected chi connectivity index (χ3v) is 6.37. The number of halogens is 1. The highest BCUT2D eigenvalue weighted by molar-refractivity contribution is 7.08. The number of ether oxygens (including phenoxy) is 2. The fourth-order valence-corrected chi connectivity index (χ4v) is 4.78. The molecule has 5 rings (SSSR count). The van der Waals surface area contributed by atoms with Crippen LogP contribution < -0.4 is 20.5 Å². The van der Waals surface area contributed by atoms with Gasteiger partial charge in [0.25, 0.3) is 0 Å². The van der Waals surface area contributed by atoms with Crippen molar-refractivity contribution in [2.45, 2.75) is 26.8 Å². The lowest BCUT2D eigenvalue weighted by Crippen LogP contribution is -2.25. The number of nitrogen functional groups attached to an aromatic ring is 1. The molecule has 3 N–H and O–H groups in total. The summed E-state index contributed by atoms with van der Waals surface area (Å²) in [5.41, 5.74) is 10.0. The van der Waals surface area contributed by atoms with Gasteiger partial charge in [-0.2, -0.15) is 25.7 Å². The minimum Gasteiger partial charge on any atom is -0.486 e. The average molecular weight is 483 g/mol. The maximum Gasteiger partial charge on any atom is 0.312 e. The minimum atomic E-state index is -0.855. The average Bonchev–Trinajstić information content (AvgIpc) is 3.45. The molecule has 3 aromatic heterocycles. The van der Waals surface area contributed by atoms with Crippen LogP contribution in [-0.4, -0.2) is 45.8 Å². The molecule has 0 saturated heterocycles. The lowest BCUT2D eigenvalue weighted by molar-refractivity contribution is 0.171. The molecule has 10 heteroatoms. The Hall–Kier alpha value is -3.24. The van der Waals surface area contributed by atoms with E-state index in [-0.39, 0.29) is 5.82 Å². The molecule has 0 amide bonds. The molecule has 8 nitrogen and oxygen atoms in total. The van der Waals surface area contributed by atoms with Gasteiger partial charge in [0.15, 0.2) is 28.5 Å². The van der Waals surface area contributed by atoms with Crippen molar-refractivity contribution in [1.82, 2.24) is 24.8 Å². The van der Waals surface area contributed by atoms with E-state index in [0.717, 1.165) is 34.8 Å². The van der Waals surface area contributed by atoms with E-state index in [9.17, 15) is 4.39 Å². The van der Waals surface area contributed by atoms with Crippen LogP contribution in [0.4, 0.5) is 10.2 Å². The first kappa shape index (κ1) is 22.5. The highest BCUT2D eigenvalue weighted by Crippen LogP contribution is 2.39. The Bertz CT molecular complexity index is 1310. The van der Waals surface area contributed by atoms with E-state index in [1.807, 2.05) is 22.1 Å². The predicted molar refractivity (Wildman–Crippen MR) is 131 cm³/mol. The molecule has 4 aromatic rings. The minimum absolute atomic E-state index is 0.0397. The summed E-state index contributed by atoms with van der Waals surface area (Å²) in [6.45, 7) is 7.50. The number of nitrogens with one attached hydrogen (secondary N) is 1. The molecule has 4 heterocycles. The number of fused-ring (bicyclic) bond motifs is 2. The van der Waals surface area contributed by atoms with E-state index in [1.165, 1.54) is 0 Å². The van der Waals surface area contributed by atoms with Crippen LogP contribution in [0.1, 0.15) is 25.2 Å². The van der Waals surface area contributed by atoms with Crippen molar-refractivity contribution in [1.29, 1.82) is 0 Å². The second-order valence-corrected chi connectivity index (χ2v) is 9.45. The topological polar surface area (TPSA) is 100 Å². The fraction of sp³-hybridized carbons (Fsp3) is 0.375. The van der Waals surface area contributed by atoms with Crippen LogP contribution in [0.15, 0.2) is 29.0 Å². The molecule has 0 saturated carbocycles. The normalized spacial score (nSPS) is 13.2. The van der Waals surface area contributed by atoms with Gasteiger partial charge in [0.1, 0.15) is 19.0 Å². The van der Waals surface area contributed by atoms with Crippen molar-refractivity contribution in [3.8, 4) is 22.6 Å². The fourth-order valence-electron chi connectivity index (χ4n) is 4.12. The van der Waals surface area contributed by atoms with Crippen molar-refractivity contribution < 1.29 is 13.9 Å². The molecule has 0 spiro atoms. The van der Waals surface area contributed by atoms with Gasteiger partial charge in [-0.05, 0) is 58.1 Å². The Kier molecular flexibility index (Phi) is 6.34. The first-order valence-electron chi connectivity index (χ1n) is 11.3. The van der Waals surface area contributed by atoms with Crippen LogP contribution in [-0.2, 0) is 13.0 Å². The number of nitrogens with zero attached hydrogens (tertiary/aromatic N) is 4. The Morgan fingerprint density at radius 1 is 1.18 bits per heavy atom. The summed E-state index contributed by atoms with van der Waals surface area (Å²) in [5, 5.41) is 7.58. The Labute approximate surface area is 201 Å². The molecule has 0 unspecified atom stereocenters. The number of aromatic nitrogens is 4. The Morgan fingerprint density at radius 2 is 1.97 bits per heavy atom. The second kappa shape index (κ2) is 9.55. The van der Waals surface area contributed by atoms with E-state index in [1.54, 1.807) is 11.3 Å². The molecule has 34 heavy (non-hydrogen) atoms. The van der Waals surface area contributed by atoms with Crippen LogP contribution in [0.2, 0.25) is 0 Å². The summed E-state index contributed by atoms with van der Waals surface area (Å²) in [7, 11) is 0. The van der Waals surface area contributed by atoms with Gasteiger partial charge in [0.2, 0.25) is 0 Å². The first-order valence-corrected chi connectivity index (χ1v) is 12.3. The van der Waals surface area contributed by atoms with Gasteiger partial charge in [-0.1, -0.05) is 13.8 Å². The van der Waals surface area contributed by atoms with Crippen molar-refractivity contribution in [2.75, 3.05) is 32.0 Å². The number of benzene rings is 1. The Balaban J connectivity index is 1.57. The number of thiophene rings is 1. The van der Waals surface area contributed by atoms with Crippen LogP contribution in [0.3, 0.4) is 0 Å². The van der Waals surface area contributed by atoms with Gasteiger partial charge in [0, 0.05) is 19.5 Å². The molecular weight excluding hydrogens is 455 g/mol. The van der Waals surface area contributed by atoms with Gasteiger partial charge in [-0.15, -0.1) is 0 Å². The molecule has 0 fully saturated rings. The largest absolute Gasteiger partial charge is 0.486 e. The second-order valence-electron chi connectivity index (χ2n) is 8.67. The van der Waals surface area contributed by atoms with Crippen molar-refractivity contribution in [3.05, 3.63) is 46.4 Å². The van der Waals surface area contributed by atoms with Gasteiger partial charge in [0.05, 0.1) is 0 Å². The van der Waals surface area contributed by atoms with Gasteiger partial charge in [-0.3, -0.25) is 0 Å². The van der Waals surface area contributed by atoms with Crippen LogP contribution >= 0.6 is 11.3 Å². The summed E-state index contributed by atoms with van der Waals surface area (Å²) < 4.78 is 27.7. The van der Waals surface area contributed by atoms with Crippen molar-refractivity contribution in [3.63, 3.8) is 0 Å². The lowest BCUT2D eigenvalue weighted by atomic mass is 9.98. The summed E-state index contributed by atoms with van der Waals surface area (Å²) in [6.07, 6.45) is -0.366. The maximum atomic E-state index is 14.1. The van der Waals surface area contributed by atoms with E-state index in [4.69, 9.17) is 20.2 Å². The number of nitrogens with two attached hydrogens (primary N) is 1. The first-order chi connectivity index (χ1) is 16.5. The quantitative estimate of drug-likeness (QED) is 0.290. The molecule has 0 atom stereocenters. The zero-order valence-electron chi connectivity index (χ0n) is 19.2. The molecule has 1 aliphatic rings. The summed E-state index contributed by atoms with van der Waals surface area (Å²) in [5.74, 6) is 2.76. The number of imidazole rings is 1. The zero-order valence-corrected chi connectivity index (χ0v) is 20.0. The van der Waals surface area contributed by atoms with Gasteiger partial charge >= 0.3 is 6.08 Å². The van der Waals surface area contributed by atoms with Crippen LogP contribution in [0.25, 0.3) is 22.3 Å². The monoisotopic (exact) mass is 482 g/mol. The van der Waals surface area contributed by atoms with Crippen LogP contribution in [0, 0.1) is 12.0 Å². The third-order valence-electron chi connectivity index (χ3n) is 5.69. The molecule has 178 valence electrons. The molecule has 0 bridgehead atoms. The highest BCUT2D eigenvalue weighted by atomic mass is 32.1. The number of anilines is 1. The van der Waals surface area contributed by atoms with E-state index >= 15 is 0 Å².